The number of phenols is 1. The van der Waals surface area contributed by atoms with Gasteiger partial charge in [-0.1, -0.05) is 63.5 Å². The molecule has 1 nitrogen and oxygen atoms in total. The van der Waals surface area contributed by atoms with Crippen LogP contribution in [0.5, 0.6) is 5.75 Å². The number of rotatable bonds is 4. The van der Waals surface area contributed by atoms with Gasteiger partial charge in [0.2, 0.25) is 0 Å². The Morgan fingerprint density at radius 2 is 1.50 bits per heavy atom. The van der Waals surface area contributed by atoms with E-state index in [1.165, 1.54) is 24.6 Å². The second kappa shape index (κ2) is 13.5. The summed E-state index contributed by atoms with van der Waals surface area (Å²) in [5.74, 6) is 0.322. The van der Waals surface area contributed by atoms with Crippen LogP contribution in [-0.4, -0.2) is 13.9 Å². The summed E-state index contributed by atoms with van der Waals surface area (Å²) in [5.41, 5.74) is 0. The van der Waals surface area contributed by atoms with Crippen molar-refractivity contribution in [2.24, 2.45) is 0 Å². The molecule has 3 heteroatoms. The van der Waals surface area contributed by atoms with Crippen LogP contribution in [0.2, 0.25) is 18.1 Å². The molecular weight excluding hydrogens is 375 g/mol. The van der Waals surface area contributed by atoms with E-state index >= 15 is 0 Å². The molecule has 0 bridgehead atoms. The van der Waals surface area contributed by atoms with Gasteiger partial charge in [0.25, 0.3) is 0 Å². The molecule has 100 valence electrons. The molecule has 0 heterocycles. The first-order valence-electron chi connectivity index (χ1n) is 5.82. The minimum absolute atomic E-state index is 0. The Labute approximate surface area is 131 Å². The monoisotopic (exact) mass is 398 g/mol. The largest absolute Gasteiger partial charge is 0.508 e. The van der Waals surface area contributed by atoms with Crippen molar-refractivity contribution in [1.82, 2.24) is 0 Å². The van der Waals surface area contributed by atoms with Crippen LogP contribution < -0.4 is 0 Å². The summed E-state index contributed by atoms with van der Waals surface area (Å²) in [7, 11) is 0.126. The summed E-state index contributed by atoms with van der Waals surface area (Å²) >= 11 is 0. The van der Waals surface area contributed by atoms with Gasteiger partial charge in [0.1, 0.15) is 5.75 Å². The van der Waals surface area contributed by atoms with E-state index in [1.807, 2.05) is 6.07 Å². The van der Waals surface area contributed by atoms with Crippen molar-refractivity contribution in [2.45, 2.75) is 45.3 Å². The molecule has 0 aromatic heterocycles. The molecule has 0 fully saturated rings. The maximum absolute atomic E-state index is 8.63. The van der Waals surface area contributed by atoms with Gasteiger partial charge in [-0.15, -0.1) is 0 Å². The van der Waals surface area contributed by atoms with E-state index in [0.717, 1.165) is 0 Å². The van der Waals surface area contributed by atoms with Gasteiger partial charge in [0, 0.05) is 45.7 Å². The fraction of sp³-hybridized carbons (Fsp3) is 0.538. The Kier molecular flexibility index (Phi) is 15.9. The molecule has 1 aromatic carbocycles. The first-order chi connectivity index (χ1) is 7.24. The maximum atomic E-state index is 8.63. The van der Waals surface area contributed by atoms with Crippen molar-refractivity contribution in [3.8, 4) is 5.75 Å². The van der Waals surface area contributed by atoms with Crippen LogP contribution in [-0.2, 0) is 0 Å². The molecule has 1 aromatic rings. The summed E-state index contributed by atoms with van der Waals surface area (Å²) < 4.78 is 0. The molecule has 0 aliphatic heterocycles. The molecular formula is C13H23LuOSi. The Hall–Kier alpha value is 0.471. The third-order valence-corrected chi connectivity index (χ3v) is 5.57. The molecule has 0 unspecified atom stereocenters. The van der Waals surface area contributed by atoms with Crippen molar-refractivity contribution in [3.05, 3.63) is 30.3 Å². The van der Waals surface area contributed by atoms with Crippen LogP contribution in [0, 0.1) is 36.9 Å². The fourth-order valence-corrected chi connectivity index (χ4v) is 3.30. The van der Waals surface area contributed by atoms with Crippen molar-refractivity contribution >= 4 is 8.80 Å². The zero-order valence-corrected chi connectivity index (χ0v) is 13.1. The van der Waals surface area contributed by atoms with Gasteiger partial charge in [-0.05, 0) is 12.1 Å². The predicted molar refractivity (Wildman–Crippen MR) is 69.9 cm³/mol. The quantitative estimate of drug-likeness (QED) is 0.749. The molecule has 0 saturated heterocycles. The second-order valence-corrected chi connectivity index (χ2v) is 6.96. The zero-order valence-electron chi connectivity index (χ0n) is 10.4. The maximum Gasteiger partial charge on any atom is 0.115 e. The standard InChI is InChI=1S/C7H17Si.C6H6O.Lu/c1-4-7-8(5-2)6-3;7-6-4-2-1-3-5-6;/h4-7H2,1-3H3;1-5,7H;. The Morgan fingerprint density at radius 3 is 1.69 bits per heavy atom. The fourth-order valence-electron chi connectivity index (χ4n) is 1.39. The van der Waals surface area contributed by atoms with Crippen molar-refractivity contribution in [1.29, 1.82) is 0 Å². The van der Waals surface area contributed by atoms with E-state index in [-0.39, 0.29) is 45.7 Å². The van der Waals surface area contributed by atoms with Crippen LogP contribution in [0.4, 0.5) is 0 Å². The van der Waals surface area contributed by atoms with E-state index in [4.69, 9.17) is 5.11 Å². The number of aromatic hydroxyl groups is 1. The average Bonchev–Trinajstić information content (AvgIpc) is 2.28. The Morgan fingerprint density at radius 1 is 1.00 bits per heavy atom. The van der Waals surface area contributed by atoms with Gasteiger partial charge in [-0.2, -0.15) is 0 Å². The molecule has 0 atom stereocenters. The predicted octanol–water partition coefficient (Wildman–Crippen LogP) is 4.32. The topological polar surface area (TPSA) is 20.2 Å². The van der Waals surface area contributed by atoms with Crippen LogP contribution >= 0.6 is 0 Å². The zero-order chi connectivity index (χ0) is 11.5. The minimum atomic E-state index is 0. The number of phenolic OH excluding ortho intramolecular Hbond substituents is 1. The third kappa shape index (κ3) is 11.0. The minimum Gasteiger partial charge on any atom is -0.508 e. The first-order valence-corrected chi connectivity index (χ1v) is 7.94. The Balaban J connectivity index is 0. The third-order valence-electron chi connectivity index (χ3n) is 2.36. The number of para-hydroxylation sites is 1. The van der Waals surface area contributed by atoms with E-state index in [1.54, 1.807) is 24.3 Å². The van der Waals surface area contributed by atoms with Gasteiger partial charge in [0.15, 0.2) is 0 Å². The van der Waals surface area contributed by atoms with Crippen LogP contribution in [0.1, 0.15) is 27.2 Å². The summed E-state index contributed by atoms with van der Waals surface area (Å²) in [4.78, 5) is 0. The van der Waals surface area contributed by atoms with Crippen molar-refractivity contribution in [3.63, 3.8) is 0 Å². The second-order valence-electron chi connectivity index (χ2n) is 3.54. The molecule has 0 aliphatic carbocycles. The normalized spacial score (nSPS) is 9.00. The van der Waals surface area contributed by atoms with Gasteiger partial charge >= 0.3 is 0 Å². The van der Waals surface area contributed by atoms with E-state index in [9.17, 15) is 0 Å². The number of hydrogen-bond acceptors (Lipinski definition) is 1. The van der Waals surface area contributed by atoms with Crippen molar-refractivity contribution < 1.29 is 42.0 Å². The van der Waals surface area contributed by atoms with Gasteiger partial charge in [-0.3, -0.25) is 0 Å². The van der Waals surface area contributed by atoms with Crippen molar-refractivity contribution in [2.75, 3.05) is 0 Å². The molecule has 1 N–H and O–H groups in total. The SMILES string of the molecule is CCC[Si](CC)CC.Oc1ccccc1.[Lu]. The summed E-state index contributed by atoms with van der Waals surface area (Å²) in [6, 6.07) is 13.2. The average molecular weight is 398 g/mol. The number of hydrogen-bond donors (Lipinski definition) is 1. The van der Waals surface area contributed by atoms with Gasteiger partial charge in [0.05, 0.1) is 0 Å². The molecule has 1 rings (SSSR count). The number of benzene rings is 1. The van der Waals surface area contributed by atoms with E-state index in [2.05, 4.69) is 20.8 Å². The van der Waals surface area contributed by atoms with Crippen LogP contribution in [0.15, 0.2) is 30.3 Å². The molecule has 16 heavy (non-hydrogen) atoms. The van der Waals surface area contributed by atoms with E-state index in [0.29, 0.717) is 5.75 Å². The summed E-state index contributed by atoms with van der Waals surface area (Å²) in [6.07, 6.45) is 1.40. The van der Waals surface area contributed by atoms with Crippen LogP contribution in [0.25, 0.3) is 0 Å². The summed E-state index contributed by atoms with van der Waals surface area (Å²) in [5, 5.41) is 8.63. The molecule has 0 amide bonds. The summed E-state index contributed by atoms with van der Waals surface area (Å²) in [6.45, 7) is 6.94. The van der Waals surface area contributed by atoms with E-state index < -0.39 is 0 Å². The molecule has 0 aliphatic rings. The first kappa shape index (κ1) is 18.8. The molecule has 0 spiro atoms. The Bertz CT molecular complexity index is 225. The molecule has 0 saturated carbocycles. The van der Waals surface area contributed by atoms with Crippen LogP contribution in [0.3, 0.4) is 0 Å². The smallest absolute Gasteiger partial charge is 0.115 e. The van der Waals surface area contributed by atoms with Gasteiger partial charge < -0.3 is 5.11 Å². The van der Waals surface area contributed by atoms with Gasteiger partial charge in [-0.25, -0.2) is 0 Å². The molecule has 2 radical (unpaired) electrons.